The quantitative estimate of drug-likeness (QED) is 0.310. The molecule has 5 nitrogen and oxygen atoms in total. The third-order valence-corrected chi connectivity index (χ3v) is 7.19. The van der Waals surface area contributed by atoms with E-state index in [0.29, 0.717) is 35.4 Å². The van der Waals surface area contributed by atoms with Gasteiger partial charge in [-0.05, 0) is 62.1 Å². The molecule has 0 aliphatic heterocycles. The average Bonchev–Trinajstić information content (AvgIpc) is 3.42. The Morgan fingerprint density at radius 3 is 2.46 bits per heavy atom. The fraction of sp³-hybridized carbons (Fsp3) is 0.483. The summed E-state index contributed by atoms with van der Waals surface area (Å²) in [6.45, 7) is 4.87. The Labute approximate surface area is 207 Å². The smallest absolute Gasteiger partial charge is 0.266 e. The number of halogens is 1. The van der Waals surface area contributed by atoms with Crippen molar-refractivity contribution < 1.29 is 9.18 Å². The van der Waals surface area contributed by atoms with Crippen molar-refractivity contribution in [1.29, 1.82) is 0 Å². The maximum atomic E-state index is 13.8. The van der Waals surface area contributed by atoms with E-state index >= 15 is 0 Å². The van der Waals surface area contributed by atoms with Crippen LogP contribution < -0.4 is 5.56 Å². The van der Waals surface area contributed by atoms with E-state index in [9.17, 15) is 14.0 Å². The molecule has 1 saturated carbocycles. The zero-order chi connectivity index (χ0) is 24.8. The predicted octanol–water partition coefficient (Wildman–Crippen LogP) is 6.58. The highest BCUT2D eigenvalue weighted by molar-refractivity contribution is 5.80. The van der Waals surface area contributed by atoms with Crippen LogP contribution in [-0.2, 0) is 4.79 Å². The van der Waals surface area contributed by atoms with Crippen LogP contribution >= 0.6 is 0 Å². The van der Waals surface area contributed by atoms with E-state index in [-0.39, 0.29) is 29.2 Å². The highest BCUT2D eigenvalue weighted by atomic mass is 19.1. The molecule has 1 heterocycles. The Morgan fingerprint density at radius 1 is 1.06 bits per heavy atom. The first-order valence-electron chi connectivity index (χ1n) is 13.1. The van der Waals surface area contributed by atoms with Crippen molar-refractivity contribution in [2.45, 2.75) is 77.7 Å². The van der Waals surface area contributed by atoms with Crippen LogP contribution in [0.3, 0.4) is 0 Å². The minimum Gasteiger partial charge on any atom is -0.332 e. The highest BCUT2D eigenvalue weighted by Gasteiger charge is 2.33. The monoisotopic (exact) mass is 477 g/mol. The van der Waals surface area contributed by atoms with Crippen molar-refractivity contribution in [1.82, 2.24) is 14.5 Å². The summed E-state index contributed by atoms with van der Waals surface area (Å²) in [6, 6.07) is 12.9. The molecule has 186 valence electrons. The number of unbranched alkanes of at least 4 members (excludes halogenated alkanes) is 3. The number of carbonyl (C=O) groups is 1. The molecule has 6 heteroatoms. The number of aromatic nitrogens is 2. The molecule has 1 aromatic heterocycles. The van der Waals surface area contributed by atoms with E-state index < -0.39 is 0 Å². The van der Waals surface area contributed by atoms with Crippen LogP contribution in [-0.4, -0.2) is 26.9 Å². The van der Waals surface area contributed by atoms with Crippen molar-refractivity contribution in [3.8, 4) is 5.69 Å². The van der Waals surface area contributed by atoms with Gasteiger partial charge in [-0.3, -0.25) is 14.2 Å². The Morgan fingerprint density at radius 2 is 1.77 bits per heavy atom. The van der Waals surface area contributed by atoms with E-state index in [4.69, 9.17) is 4.98 Å². The zero-order valence-corrected chi connectivity index (χ0v) is 20.9. The van der Waals surface area contributed by atoms with Gasteiger partial charge in [-0.25, -0.2) is 9.37 Å². The first kappa shape index (κ1) is 25.1. The second-order valence-corrected chi connectivity index (χ2v) is 9.60. The summed E-state index contributed by atoms with van der Waals surface area (Å²) < 4.78 is 15.3. The molecule has 1 atom stereocenters. The number of fused-ring (bicyclic) bond motifs is 1. The number of benzene rings is 2. The van der Waals surface area contributed by atoms with Crippen LogP contribution in [0.25, 0.3) is 16.6 Å². The lowest BCUT2D eigenvalue weighted by Gasteiger charge is -2.34. The number of hydrogen-bond donors (Lipinski definition) is 0. The van der Waals surface area contributed by atoms with E-state index in [1.54, 1.807) is 22.8 Å². The molecule has 1 aliphatic rings. The molecule has 35 heavy (non-hydrogen) atoms. The van der Waals surface area contributed by atoms with Crippen LogP contribution in [0.5, 0.6) is 0 Å². The van der Waals surface area contributed by atoms with Crippen molar-refractivity contribution >= 4 is 16.8 Å². The topological polar surface area (TPSA) is 55.2 Å². The summed E-state index contributed by atoms with van der Waals surface area (Å²) in [5, 5.41) is 0.507. The van der Waals surface area contributed by atoms with Gasteiger partial charge in [-0.1, -0.05) is 58.1 Å². The first-order valence-corrected chi connectivity index (χ1v) is 13.1. The minimum absolute atomic E-state index is 0.0432. The van der Waals surface area contributed by atoms with Gasteiger partial charge in [0.25, 0.3) is 5.56 Å². The van der Waals surface area contributed by atoms with Gasteiger partial charge in [-0.15, -0.1) is 0 Å². The van der Waals surface area contributed by atoms with E-state index in [1.807, 2.05) is 30.0 Å². The minimum atomic E-state index is -0.363. The van der Waals surface area contributed by atoms with Gasteiger partial charge < -0.3 is 4.90 Å². The first-order chi connectivity index (χ1) is 17.0. The van der Waals surface area contributed by atoms with Gasteiger partial charge in [0, 0.05) is 12.5 Å². The predicted molar refractivity (Wildman–Crippen MR) is 138 cm³/mol. The Kier molecular flexibility index (Phi) is 8.32. The fourth-order valence-electron chi connectivity index (χ4n) is 5.29. The molecular formula is C29H36FN3O2. The van der Waals surface area contributed by atoms with Gasteiger partial charge in [0.15, 0.2) is 0 Å². The van der Waals surface area contributed by atoms with Gasteiger partial charge in [-0.2, -0.15) is 0 Å². The number of nitrogens with zero attached hydrogens (tertiary/aromatic N) is 3. The summed E-state index contributed by atoms with van der Waals surface area (Å²) in [4.78, 5) is 34.5. The van der Waals surface area contributed by atoms with Crippen LogP contribution in [0, 0.1) is 11.7 Å². The molecule has 1 fully saturated rings. The maximum Gasteiger partial charge on any atom is 0.266 e. The lowest BCUT2D eigenvalue weighted by Crippen LogP contribution is -2.41. The number of carbonyl (C=O) groups excluding carboxylic acids is 1. The van der Waals surface area contributed by atoms with Crippen molar-refractivity contribution in [3.63, 3.8) is 0 Å². The fourth-order valence-corrected chi connectivity index (χ4v) is 5.29. The lowest BCUT2D eigenvalue weighted by molar-refractivity contribution is -0.138. The molecule has 0 spiro atoms. The molecule has 0 saturated heterocycles. The Bertz CT molecular complexity index is 1200. The van der Waals surface area contributed by atoms with Gasteiger partial charge >= 0.3 is 0 Å². The summed E-state index contributed by atoms with van der Waals surface area (Å²) in [7, 11) is 0. The number of rotatable bonds is 10. The van der Waals surface area contributed by atoms with Crippen LogP contribution in [0.1, 0.15) is 83.5 Å². The Hall–Kier alpha value is -3.02. The van der Waals surface area contributed by atoms with Crippen molar-refractivity contribution in [2.24, 2.45) is 5.92 Å². The lowest BCUT2D eigenvalue weighted by atomic mass is 10.0. The Balaban J connectivity index is 1.84. The van der Waals surface area contributed by atoms with Crippen molar-refractivity contribution in [2.75, 3.05) is 6.54 Å². The highest BCUT2D eigenvalue weighted by Crippen LogP contribution is 2.32. The molecule has 0 N–H and O–H groups in total. The summed E-state index contributed by atoms with van der Waals surface area (Å²) in [5.74, 6) is 0.406. The third kappa shape index (κ3) is 5.47. The molecule has 0 bridgehead atoms. The SMILES string of the molecule is CCCCCCN(C(=O)C1CCCC1)C(CC)c1nc2ccccc2c(=O)n1-c1ccc(F)cc1. The molecule has 1 unspecified atom stereocenters. The number of amides is 1. The molecule has 2 aromatic carbocycles. The molecule has 1 aliphatic carbocycles. The second kappa shape index (κ2) is 11.6. The summed E-state index contributed by atoms with van der Waals surface area (Å²) in [6.07, 6.45) is 8.93. The molecule has 3 aromatic rings. The van der Waals surface area contributed by atoms with Crippen LogP contribution in [0.15, 0.2) is 53.3 Å². The van der Waals surface area contributed by atoms with Gasteiger partial charge in [0.05, 0.1) is 22.6 Å². The standard InChI is InChI=1S/C29H36FN3O2/c1-3-5-6-11-20-32(28(34)21-12-7-8-13-21)26(4-2)27-31-25-15-10-9-14-24(25)29(35)33(27)23-18-16-22(30)17-19-23/h9-10,14-19,21,26H,3-8,11-13,20H2,1-2H3. The van der Waals surface area contributed by atoms with E-state index in [1.165, 1.54) is 12.1 Å². The largest absolute Gasteiger partial charge is 0.332 e. The van der Waals surface area contributed by atoms with Gasteiger partial charge in [0.2, 0.25) is 5.91 Å². The number of hydrogen-bond acceptors (Lipinski definition) is 3. The average molecular weight is 478 g/mol. The zero-order valence-electron chi connectivity index (χ0n) is 20.9. The molecule has 0 radical (unpaired) electrons. The maximum absolute atomic E-state index is 13.8. The van der Waals surface area contributed by atoms with Crippen LogP contribution in [0.2, 0.25) is 0 Å². The van der Waals surface area contributed by atoms with E-state index in [2.05, 4.69) is 6.92 Å². The van der Waals surface area contributed by atoms with Crippen LogP contribution in [0.4, 0.5) is 4.39 Å². The third-order valence-electron chi connectivity index (χ3n) is 7.19. The summed E-state index contributed by atoms with van der Waals surface area (Å²) in [5.41, 5.74) is 0.973. The second-order valence-electron chi connectivity index (χ2n) is 9.60. The van der Waals surface area contributed by atoms with Gasteiger partial charge in [0.1, 0.15) is 11.6 Å². The molecular weight excluding hydrogens is 441 g/mol. The molecule has 1 amide bonds. The van der Waals surface area contributed by atoms with E-state index in [0.717, 1.165) is 51.4 Å². The normalized spacial score (nSPS) is 14.9. The summed E-state index contributed by atoms with van der Waals surface area (Å²) >= 11 is 0. The molecule has 4 rings (SSSR count). The van der Waals surface area contributed by atoms with Crippen molar-refractivity contribution in [3.05, 3.63) is 70.5 Å². The number of para-hydroxylation sites is 1.